The number of nitro benzene ring substituents is 1. The first-order chi connectivity index (χ1) is 15.8. The first-order valence-electron chi connectivity index (χ1n) is 11.3. The van der Waals surface area contributed by atoms with E-state index in [1.165, 1.54) is 24.3 Å². The van der Waals surface area contributed by atoms with E-state index in [2.05, 4.69) is 13.8 Å². The average Bonchev–Trinajstić information content (AvgIpc) is 2.81. The Morgan fingerprint density at radius 2 is 1.79 bits per heavy atom. The molecule has 1 atom stereocenters. The fourth-order valence-corrected chi connectivity index (χ4v) is 3.98. The molecule has 8 nitrogen and oxygen atoms in total. The van der Waals surface area contributed by atoms with E-state index in [1.807, 2.05) is 32.0 Å². The van der Waals surface area contributed by atoms with E-state index in [0.29, 0.717) is 47.7 Å². The minimum absolute atomic E-state index is 0.0664. The summed E-state index contributed by atoms with van der Waals surface area (Å²) in [6.45, 7) is 8.96. The van der Waals surface area contributed by atoms with Crippen molar-refractivity contribution in [1.29, 1.82) is 0 Å². The number of carbonyl (C=O) groups is 1. The molecule has 1 amide bonds. The van der Waals surface area contributed by atoms with E-state index in [4.69, 9.17) is 4.98 Å². The fraction of sp³-hybridized carbons (Fsp3) is 0.400. The molecule has 0 bridgehead atoms. The Labute approximate surface area is 193 Å². The molecule has 174 valence electrons. The van der Waals surface area contributed by atoms with Crippen molar-refractivity contribution in [2.45, 2.75) is 53.1 Å². The molecule has 0 aliphatic heterocycles. The maximum atomic E-state index is 13.6. The zero-order valence-electron chi connectivity index (χ0n) is 19.5. The summed E-state index contributed by atoms with van der Waals surface area (Å²) >= 11 is 0. The van der Waals surface area contributed by atoms with Crippen molar-refractivity contribution in [1.82, 2.24) is 14.5 Å². The van der Waals surface area contributed by atoms with E-state index in [1.54, 1.807) is 15.5 Å². The number of nitrogens with zero attached hydrogens (tertiary/aromatic N) is 4. The molecule has 0 spiro atoms. The van der Waals surface area contributed by atoms with Crippen LogP contribution >= 0.6 is 0 Å². The number of benzene rings is 2. The Bertz CT molecular complexity index is 1200. The second-order valence-electron chi connectivity index (χ2n) is 8.45. The molecule has 1 aromatic heterocycles. The molecule has 0 aliphatic rings. The summed E-state index contributed by atoms with van der Waals surface area (Å²) in [4.78, 5) is 43.9. The van der Waals surface area contributed by atoms with Crippen LogP contribution in [0.3, 0.4) is 0 Å². The molecule has 1 unspecified atom stereocenters. The molecule has 0 saturated heterocycles. The normalized spacial score (nSPS) is 12.2. The number of para-hydroxylation sites is 1. The van der Waals surface area contributed by atoms with Crippen LogP contribution in [0.5, 0.6) is 0 Å². The summed E-state index contributed by atoms with van der Waals surface area (Å²) in [6, 6.07) is 12.5. The molecule has 0 saturated carbocycles. The average molecular weight is 451 g/mol. The predicted octanol–water partition coefficient (Wildman–Crippen LogP) is 4.96. The summed E-state index contributed by atoms with van der Waals surface area (Å²) in [6.07, 6.45) is 1.35. The van der Waals surface area contributed by atoms with Crippen LogP contribution in [0.15, 0.2) is 53.3 Å². The van der Waals surface area contributed by atoms with Crippen LogP contribution in [-0.2, 0) is 6.54 Å². The number of rotatable bonds is 9. The first kappa shape index (κ1) is 24.1. The van der Waals surface area contributed by atoms with Gasteiger partial charge in [-0.2, -0.15) is 0 Å². The van der Waals surface area contributed by atoms with Gasteiger partial charge < -0.3 is 4.90 Å². The zero-order valence-corrected chi connectivity index (χ0v) is 19.5. The second-order valence-corrected chi connectivity index (χ2v) is 8.45. The van der Waals surface area contributed by atoms with Crippen molar-refractivity contribution in [3.05, 3.63) is 80.4 Å². The number of aromatic nitrogens is 2. The molecular formula is C25H30N4O4. The minimum Gasteiger partial charge on any atom is -0.328 e. The Hall–Kier alpha value is -3.55. The summed E-state index contributed by atoms with van der Waals surface area (Å²) in [5.41, 5.74) is 0.785. The zero-order chi connectivity index (χ0) is 24.1. The SMILES string of the molecule is CCC(c1nc2ccccc2c(=O)n1CC)N(CCC(C)C)C(=O)c1ccc([N+](=O)[O-])cc1. The lowest BCUT2D eigenvalue weighted by molar-refractivity contribution is -0.384. The molecule has 33 heavy (non-hydrogen) atoms. The summed E-state index contributed by atoms with van der Waals surface area (Å²) in [5.74, 6) is 0.692. The van der Waals surface area contributed by atoms with E-state index >= 15 is 0 Å². The topological polar surface area (TPSA) is 98.3 Å². The van der Waals surface area contributed by atoms with Gasteiger partial charge in [0.05, 0.1) is 21.9 Å². The van der Waals surface area contributed by atoms with Crippen molar-refractivity contribution < 1.29 is 9.72 Å². The largest absolute Gasteiger partial charge is 0.328 e. The highest BCUT2D eigenvalue weighted by Gasteiger charge is 2.29. The number of nitro groups is 1. The van der Waals surface area contributed by atoms with Crippen LogP contribution in [0.4, 0.5) is 5.69 Å². The molecule has 3 aromatic rings. The minimum atomic E-state index is -0.488. The van der Waals surface area contributed by atoms with Gasteiger partial charge >= 0.3 is 0 Å². The maximum absolute atomic E-state index is 13.6. The number of carbonyl (C=O) groups excluding carboxylic acids is 1. The second kappa shape index (κ2) is 10.4. The van der Waals surface area contributed by atoms with Crippen LogP contribution in [0, 0.1) is 16.0 Å². The first-order valence-corrected chi connectivity index (χ1v) is 11.3. The number of hydrogen-bond donors (Lipinski definition) is 0. The molecule has 0 N–H and O–H groups in total. The molecular weight excluding hydrogens is 420 g/mol. The van der Waals surface area contributed by atoms with Crippen molar-refractivity contribution in [3.63, 3.8) is 0 Å². The molecule has 8 heteroatoms. The van der Waals surface area contributed by atoms with Gasteiger partial charge in [0, 0.05) is 30.8 Å². The van der Waals surface area contributed by atoms with Gasteiger partial charge in [-0.1, -0.05) is 32.9 Å². The van der Waals surface area contributed by atoms with Crippen LogP contribution < -0.4 is 5.56 Å². The highest BCUT2D eigenvalue weighted by Crippen LogP contribution is 2.27. The fourth-order valence-electron chi connectivity index (χ4n) is 3.98. The third-order valence-corrected chi connectivity index (χ3v) is 5.80. The standard InChI is InChI=1S/C25H30N4O4/c1-5-22(23-26-21-10-8-7-9-20(21)25(31)27(23)6-2)28(16-15-17(3)4)24(30)18-11-13-19(14-12-18)29(32)33/h7-14,17,22H,5-6,15-16H2,1-4H3. The monoisotopic (exact) mass is 450 g/mol. The van der Waals surface area contributed by atoms with E-state index < -0.39 is 11.0 Å². The molecule has 0 aliphatic carbocycles. The summed E-state index contributed by atoms with van der Waals surface area (Å²) in [5, 5.41) is 11.6. The Morgan fingerprint density at radius 1 is 1.12 bits per heavy atom. The van der Waals surface area contributed by atoms with Gasteiger partial charge in [0.2, 0.25) is 0 Å². The predicted molar refractivity (Wildman–Crippen MR) is 128 cm³/mol. The van der Waals surface area contributed by atoms with Crippen LogP contribution in [0.25, 0.3) is 10.9 Å². The smallest absolute Gasteiger partial charge is 0.269 e. The van der Waals surface area contributed by atoms with Crippen LogP contribution in [0.2, 0.25) is 0 Å². The van der Waals surface area contributed by atoms with Gasteiger partial charge in [-0.25, -0.2) is 4.98 Å². The van der Waals surface area contributed by atoms with Crippen LogP contribution in [-0.4, -0.2) is 31.8 Å². The number of non-ortho nitro benzene ring substituents is 1. The van der Waals surface area contributed by atoms with Gasteiger partial charge in [0.25, 0.3) is 17.2 Å². The lowest BCUT2D eigenvalue weighted by Gasteiger charge is -2.33. The van der Waals surface area contributed by atoms with E-state index in [9.17, 15) is 19.7 Å². The van der Waals surface area contributed by atoms with Crippen molar-refractivity contribution in [2.24, 2.45) is 5.92 Å². The number of fused-ring (bicyclic) bond motifs is 1. The van der Waals surface area contributed by atoms with Gasteiger partial charge in [-0.05, 0) is 49.9 Å². The molecule has 1 heterocycles. The van der Waals surface area contributed by atoms with Crippen molar-refractivity contribution >= 4 is 22.5 Å². The Morgan fingerprint density at radius 3 is 2.36 bits per heavy atom. The maximum Gasteiger partial charge on any atom is 0.269 e. The van der Waals surface area contributed by atoms with Gasteiger partial charge in [0.1, 0.15) is 5.82 Å². The Balaban J connectivity index is 2.11. The van der Waals surface area contributed by atoms with Crippen molar-refractivity contribution in [3.8, 4) is 0 Å². The highest BCUT2D eigenvalue weighted by atomic mass is 16.6. The van der Waals surface area contributed by atoms with Gasteiger partial charge in [-0.3, -0.25) is 24.3 Å². The van der Waals surface area contributed by atoms with E-state index in [-0.39, 0.29) is 17.2 Å². The highest BCUT2D eigenvalue weighted by molar-refractivity contribution is 5.94. The third-order valence-electron chi connectivity index (χ3n) is 5.80. The molecule has 0 radical (unpaired) electrons. The van der Waals surface area contributed by atoms with Crippen LogP contribution in [0.1, 0.15) is 62.8 Å². The number of amides is 1. The quantitative estimate of drug-likeness (QED) is 0.339. The summed E-state index contributed by atoms with van der Waals surface area (Å²) < 4.78 is 1.64. The Kier molecular flexibility index (Phi) is 7.58. The summed E-state index contributed by atoms with van der Waals surface area (Å²) in [7, 11) is 0. The molecule has 0 fully saturated rings. The van der Waals surface area contributed by atoms with Gasteiger partial charge in [0.15, 0.2) is 0 Å². The number of hydrogen-bond acceptors (Lipinski definition) is 5. The molecule has 2 aromatic carbocycles. The van der Waals surface area contributed by atoms with Crippen molar-refractivity contribution in [2.75, 3.05) is 6.54 Å². The third kappa shape index (κ3) is 5.10. The van der Waals surface area contributed by atoms with Gasteiger partial charge in [-0.15, -0.1) is 0 Å². The molecule has 3 rings (SSSR count). The lowest BCUT2D eigenvalue weighted by Crippen LogP contribution is -2.39. The van der Waals surface area contributed by atoms with E-state index in [0.717, 1.165) is 6.42 Å². The lowest BCUT2D eigenvalue weighted by atomic mass is 10.0.